The summed E-state index contributed by atoms with van der Waals surface area (Å²) in [4.78, 5) is 5.83. The maximum Gasteiger partial charge on any atom is 0.265 e. The lowest BCUT2D eigenvalue weighted by atomic mass is 9.87. The first kappa shape index (κ1) is 86.5. The molecule has 0 spiro atoms. The molecule has 3 aromatic rings. The third-order valence-electron chi connectivity index (χ3n) is 19.1. The molecule has 0 radical (unpaired) electrons. The molecule has 0 aromatic heterocycles. The number of ether oxygens (including phenoxy) is 12. The van der Waals surface area contributed by atoms with Gasteiger partial charge < -0.3 is 97.7 Å². The molecule has 100 heavy (non-hydrogen) atoms. The number of hydrogen-bond acceptors (Lipinski definition) is 23. The Morgan fingerprint density at radius 2 is 0.770 bits per heavy atom. The number of nitrogens with zero attached hydrogens (tertiary/aromatic N) is 6. The molecule has 7 aliphatic heterocycles. The van der Waals surface area contributed by atoms with Crippen molar-refractivity contribution in [3.63, 3.8) is 0 Å². The molecule has 27 nitrogen and oxygen atoms in total. The van der Waals surface area contributed by atoms with E-state index in [1.54, 1.807) is 27.7 Å². The molecule has 13 unspecified atom stereocenters. The van der Waals surface area contributed by atoms with Crippen LogP contribution in [0.4, 0.5) is 0 Å². The van der Waals surface area contributed by atoms with Crippen LogP contribution in [0.1, 0.15) is 127 Å². The van der Waals surface area contributed by atoms with E-state index in [1.807, 2.05) is 133 Å². The third-order valence-corrected chi connectivity index (χ3v) is 19.6. The van der Waals surface area contributed by atoms with E-state index in [0.29, 0.717) is 25.7 Å². The molecule has 0 aliphatic carbocycles. The maximum atomic E-state index is 10.2. The number of rotatable bonds is 12. The van der Waals surface area contributed by atoms with E-state index < -0.39 is 107 Å². The fraction of sp³-hybridized carbons (Fsp3) is 0.729. The number of alkyl halides is 3. The van der Waals surface area contributed by atoms with Gasteiger partial charge in [-0.15, -0.1) is 0 Å². The van der Waals surface area contributed by atoms with Gasteiger partial charge in [0.1, 0.15) is 48.8 Å². The largest absolute Gasteiger partial charge is 0.448 e. The van der Waals surface area contributed by atoms with Crippen LogP contribution in [0, 0.1) is 29.1 Å². The second kappa shape index (κ2) is 40.4. The standard InChI is InChI=1S/C16H19Cl3N4O3.C15H21N3O2.C15H22O3.C11H20O3.C7H14O4.C6H12O5/c1-9-13(24-8-11-6-4-3-5-7-11)12(22-23-21)10(2)25-14(9)26-15(20)16(17,18)19;1-10-11(2)20-12(3)14(17-18-16)15(10)19-9-13-7-5-4-6-8-13;1-10-11(2)18-12(3)14(16)15(10)17-9-13-7-5-4-6-8-13;1-6-7(2)12-8(3)10-9(6)13-11(4,5)14-10;1-3-5(8)7(10)6(9)4(2)11-3;1-2-3(7)4(8)5(9)6(10)11-2/h3-7,9-10,12-14,20H,8H2,1-2H3;4-8,10-12,14-15H,9H2,1-3H3;4-8,10-12,14-16H,9H2,1-3H3;6-10H,1-5H3;3-10H,1-2H3;2-10H,1H3/t9-,10?,12+,13-,14?;10-,11?,12?,14-,15-;10-,11?,12?,14+,15-;6-,7?,8?,9-,10+;3?,4?,5-,6+,7?;2?,3-,4-,5-,6?/m0111.0/s1. The van der Waals surface area contributed by atoms with Gasteiger partial charge in [0.05, 0.1) is 117 Å². The Hall–Kier alpha value is -4.14. The highest BCUT2D eigenvalue weighted by atomic mass is 35.6. The SMILES string of the molecule is CC1OC(C)[C@@H](N=[N+]=[N-])[C@H](OCc2ccccc2)[C@@H]1C.CC1OC(C)[C@@H]2OC(C)(C)O[C@@H]2[C@@H]1C.CC1OC(C)[C@H](O)C(O)[C@@H]1O.CC1OC(C)[C@H](O)[C@H](OCc2ccccc2)[C@@H]1C.CC1OC(O)[C@@H](O)[C@@H](O)[C@H]1O.CC1OC(OC(=N)C(Cl)(Cl)Cl)[C@@H](C)[C@H](OCc2ccccc2)[C@@H]1N=[N+]=[N-]. The number of aliphatic hydroxyl groups is 8. The van der Waals surface area contributed by atoms with Crippen molar-refractivity contribution >= 4 is 40.7 Å². The highest BCUT2D eigenvalue weighted by molar-refractivity contribution is 6.76. The van der Waals surface area contributed by atoms with E-state index >= 15 is 0 Å². The van der Waals surface area contributed by atoms with Crippen LogP contribution >= 0.6 is 34.8 Å². The predicted octanol–water partition coefficient (Wildman–Crippen LogP) is 9.70. The van der Waals surface area contributed by atoms with Crippen molar-refractivity contribution in [2.75, 3.05) is 0 Å². The van der Waals surface area contributed by atoms with Crippen molar-refractivity contribution in [3.8, 4) is 0 Å². The molecule has 0 bridgehead atoms. The molecule has 7 fully saturated rings. The fourth-order valence-electron chi connectivity index (χ4n) is 12.4. The van der Waals surface area contributed by atoms with Crippen molar-refractivity contribution in [1.29, 1.82) is 5.41 Å². The van der Waals surface area contributed by atoms with E-state index in [9.17, 15) is 20.4 Å². The van der Waals surface area contributed by atoms with Gasteiger partial charge in [-0.2, -0.15) is 0 Å². The number of halogens is 3. The molecule has 9 N–H and O–H groups in total. The van der Waals surface area contributed by atoms with Gasteiger partial charge in [0.15, 0.2) is 12.1 Å². The lowest BCUT2D eigenvalue weighted by molar-refractivity contribution is -0.277. The van der Waals surface area contributed by atoms with E-state index in [2.05, 4.69) is 59.4 Å². The normalized spacial score (nSPS) is 39.6. The molecule has 10 rings (SSSR count). The number of hydrogen-bond donors (Lipinski definition) is 9. The van der Waals surface area contributed by atoms with E-state index in [-0.39, 0.29) is 84.8 Å². The Kier molecular flexibility index (Phi) is 34.9. The van der Waals surface area contributed by atoms with E-state index in [0.717, 1.165) is 16.7 Å². The first-order valence-electron chi connectivity index (χ1n) is 34.0. The molecule has 564 valence electrons. The predicted molar refractivity (Wildman–Crippen MR) is 373 cm³/mol. The number of fused-ring (bicyclic) bond motifs is 1. The number of nitrogens with one attached hydrogen (secondary N) is 1. The molecule has 0 amide bonds. The minimum atomic E-state index is -1.99. The summed E-state index contributed by atoms with van der Waals surface area (Å²) in [5.74, 6) is -0.595. The highest BCUT2D eigenvalue weighted by Gasteiger charge is 2.52. The topological polar surface area (TPSA) is 394 Å². The van der Waals surface area contributed by atoms with Crippen LogP contribution in [0.3, 0.4) is 0 Å². The van der Waals surface area contributed by atoms with Crippen LogP contribution in [0.25, 0.3) is 20.9 Å². The van der Waals surface area contributed by atoms with Gasteiger partial charge in [-0.1, -0.05) is 164 Å². The summed E-state index contributed by atoms with van der Waals surface area (Å²) in [7, 11) is 0. The lowest BCUT2D eigenvalue weighted by Gasteiger charge is -2.42. The van der Waals surface area contributed by atoms with Gasteiger partial charge in [0, 0.05) is 33.5 Å². The zero-order valence-corrected chi connectivity index (χ0v) is 62.2. The first-order chi connectivity index (χ1) is 46.9. The zero-order chi connectivity index (χ0) is 74.7. The van der Waals surface area contributed by atoms with Crippen LogP contribution in [-0.2, 0) is 76.7 Å². The Balaban J connectivity index is 0.000000222. The van der Waals surface area contributed by atoms with E-state index in [1.165, 1.54) is 6.92 Å². The summed E-state index contributed by atoms with van der Waals surface area (Å²) < 4.78 is 65.9. The average molecular weight is 1470 g/mol. The number of aliphatic hydroxyl groups excluding tert-OH is 8. The zero-order valence-electron chi connectivity index (χ0n) is 59.9. The van der Waals surface area contributed by atoms with Crippen molar-refractivity contribution in [2.45, 2.75) is 299 Å². The van der Waals surface area contributed by atoms with Gasteiger partial charge in [-0.25, -0.2) is 0 Å². The Morgan fingerprint density at radius 3 is 1.21 bits per heavy atom. The van der Waals surface area contributed by atoms with Crippen LogP contribution in [0.15, 0.2) is 101 Å². The van der Waals surface area contributed by atoms with Gasteiger partial charge in [-0.05, 0) is 111 Å². The fourth-order valence-corrected chi connectivity index (χ4v) is 12.5. The smallest absolute Gasteiger partial charge is 0.265 e. The summed E-state index contributed by atoms with van der Waals surface area (Å²) in [6, 6.07) is 28.8. The number of benzene rings is 3. The number of azide groups is 2. The molecule has 0 saturated carbocycles. The average Bonchev–Trinajstić information content (AvgIpc) is 1.49. The van der Waals surface area contributed by atoms with E-state index in [4.69, 9.17) is 124 Å². The summed E-state index contributed by atoms with van der Waals surface area (Å²) in [6.07, 6.45) is -12.0. The van der Waals surface area contributed by atoms with Crippen LogP contribution in [0.2, 0.25) is 0 Å². The summed E-state index contributed by atoms with van der Waals surface area (Å²) in [5, 5.41) is 89.2. The highest BCUT2D eigenvalue weighted by Crippen LogP contribution is 2.41. The Morgan fingerprint density at radius 1 is 0.430 bits per heavy atom. The molecular weight excluding hydrogens is 1370 g/mol. The Bertz CT molecular complexity index is 2900. The second-order valence-electron chi connectivity index (χ2n) is 27.2. The van der Waals surface area contributed by atoms with Crippen molar-refractivity contribution < 1.29 is 97.7 Å². The summed E-state index contributed by atoms with van der Waals surface area (Å²) in [6.45, 7) is 32.0. The third kappa shape index (κ3) is 24.7. The quantitative estimate of drug-likeness (QED) is 0.0203. The minimum absolute atomic E-state index is 0.0934. The molecule has 7 aliphatic rings. The van der Waals surface area contributed by atoms with Crippen LogP contribution in [0.5, 0.6) is 0 Å². The van der Waals surface area contributed by atoms with Crippen molar-refractivity contribution in [2.24, 2.45) is 33.9 Å². The molecule has 30 heteroatoms. The molecule has 7 saturated heterocycles. The van der Waals surface area contributed by atoms with Crippen LogP contribution in [-0.4, -0.2) is 215 Å². The Labute approximate surface area is 602 Å². The maximum absolute atomic E-state index is 10.2. The summed E-state index contributed by atoms with van der Waals surface area (Å²) >= 11 is 17.0. The van der Waals surface area contributed by atoms with Gasteiger partial charge in [-0.3, -0.25) is 5.41 Å². The monoisotopic (exact) mass is 1470 g/mol. The van der Waals surface area contributed by atoms with Crippen molar-refractivity contribution in [1.82, 2.24) is 0 Å². The molecule has 3 aromatic carbocycles. The molecular formula is C70H108Cl3N7O20. The second-order valence-corrected chi connectivity index (χ2v) is 29.5. The van der Waals surface area contributed by atoms with Crippen LogP contribution < -0.4 is 0 Å². The van der Waals surface area contributed by atoms with Crippen molar-refractivity contribution in [3.05, 3.63) is 129 Å². The first-order valence-corrected chi connectivity index (χ1v) is 35.2. The lowest BCUT2D eigenvalue weighted by Crippen LogP contribution is -2.56. The minimum Gasteiger partial charge on any atom is -0.448 e. The van der Waals surface area contributed by atoms with Gasteiger partial charge in [0.25, 0.3) is 3.79 Å². The van der Waals surface area contributed by atoms with Gasteiger partial charge >= 0.3 is 0 Å². The summed E-state index contributed by atoms with van der Waals surface area (Å²) in [5.41, 5.74) is 20.8. The van der Waals surface area contributed by atoms with Gasteiger partial charge in [0.2, 0.25) is 12.2 Å². The molecule has 30 atom stereocenters. The molecule has 7 heterocycles.